The van der Waals surface area contributed by atoms with E-state index >= 15 is 0 Å². The molecule has 8 atom stereocenters. The van der Waals surface area contributed by atoms with Gasteiger partial charge in [-0.3, -0.25) is 4.90 Å². The molecule has 7 aromatic carbocycles. The molecular weight excluding hydrogens is 1310 g/mol. The maximum atomic E-state index is 12.8. The fourth-order valence-corrected chi connectivity index (χ4v) is 14.9. The van der Waals surface area contributed by atoms with E-state index in [0.717, 1.165) is 131 Å². The minimum absolute atomic E-state index is 0. The number of halogens is 2. The van der Waals surface area contributed by atoms with Gasteiger partial charge in [0.2, 0.25) is 0 Å². The summed E-state index contributed by atoms with van der Waals surface area (Å²) < 4.78 is 25.7. The summed E-state index contributed by atoms with van der Waals surface area (Å²) in [4.78, 5) is 9.55. The van der Waals surface area contributed by atoms with Crippen LogP contribution in [0.4, 0.5) is 0 Å². The number of hydrogen-bond acceptors (Lipinski definition) is 11. The van der Waals surface area contributed by atoms with Crippen molar-refractivity contribution in [2.24, 2.45) is 5.92 Å². The Morgan fingerprint density at radius 2 is 1.01 bits per heavy atom. The molecule has 0 aromatic heterocycles. The van der Waals surface area contributed by atoms with Crippen molar-refractivity contribution in [3.63, 3.8) is 0 Å². The summed E-state index contributed by atoms with van der Waals surface area (Å²) in [6.07, 6.45) is 11.0. The van der Waals surface area contributed by atoms with Gasteiger partial charge in [0.1, 0.15) is 47.3 Å². The van der Waals surface area contributed by atoms with Crippen LogP contribution >= 0.6 is 15.9 Å². The number of benzene rings is 7. The average Bonchev–Trinajstić information content (AvgIpc) is 1.36. The smallest absolute Gasteiger partial charge is 1.00 e. The van der Waals surface area contributed by atoms with E-state index in [1.165, 1.54) is 58.2 Å². The monoisotopic (exact) mass is 1410 g/mol. The Labute approximate surface area is 597 Å². The molecule has 3 fully saturated rings. The molecule has 3 N–H and O–H groups in total. The molecule has 14 heteroatoms. The SMILES string of the molecule is Cc1ccc(OC(CCN(C)CCCBr)c2ccccc2)cc1.Cc1ccc(OC(CCN(C)CCC[C@]2(O)CC[C@@]3(O)[C@H]4Cc5ccc(O)c6c5[C@@]3(CCN4CC3CC3)[C@H]2O6)c2ccccc2)cc1.[Br-].[CH2-]CCN(C)CCC(Oc1ccc(C)cc1)c1ccccc1.[Mg+2]. The Morgan fingerprint density at radius 1 is 0.574 bits per heavy atom. The molecule has 7 aromatic rings. The molecule has 12 rings (SSSR count). The van der Waals surface area contributed by atoms with Crippen molar-refractivity contribution in [3.8, 4) is 28.7 Å². The molecule has 1 spiro atoms. The predicted molar refractivity (Wildman–Crippen MR) is 382 cm³/mol. The third-order valence-corrected chi connectivity index (χ3v) is 20.6. The molecule has 2 aliphatic heterocycles. The maximum Gasteiger partial charge on any atom is 2.00 e. The number of nitrogens with zero attached hydrogens (tertiary/aromatic N) is 4. The summed E-state index contributed by atoms with van der Waals surface area (Å²) in [5.41, 5.74) is 6.72. The number of aryl methyl sites for hydroxylation is 3. The van der Waals surface area contributed by atoms with E-state index in [1.807, 2.05) is 42.5 Å². The molecule has 94 heavy (non-hydrogen) atoms. The fraction of sp³-hybridized carbons (Fsp3) is 0.463. The maximum absolute atomic E-state index is 12.8. The van der Waals surface area contributed by atoms with Crippen LogP contribution in [0.25, 0.3) is 0 Å². The number of aliphatic hydroxyl groups is 2. The Bertz CT molecular complexity index is 3350. The van der Waals surface area contributed by atoms with Crippen molar-refractivity contribution in [1.29, 1.82) is 0 Å². The molecule has 1 saturated heterocycles. The molecule has 2 bridgehead atoms. The van der Waals surface area contributed by atoms with Crippen molar-refractivity contribution in [2.75, 3.05) is 78.8 Å². The number of ether oxygens (including phenoxy) is 4. The molecule has 3 aliphatic carbocycles. The molecule has 2 heterocycles. The van der Waals surface area contributed by atoms with Crippen LogP contribution < -0.4 is 35.9 Å². The van der Waals surface area contributed by atoms with Gasteiger partial charge < -0.3 is 72.9 Å². The van der Waals surface area contributed by atoms with Crippen molar-refractivity contribution in [2.45, 2.75) is 151 Å². The van der Waals surface area contributed by atoms with Gasteiger partial charge in [-0.2, -0.15) is 6.42 Å². The Balaban J connectivity index is 0.000000203. The summed E-state index contributed by atoms with van der Waals surface area (Å²) in [6, 6.07) is 60.0. The van der Waals surface area contributed by atoms with Crippen LogP contribution in [0.3, 0.4) is 0 Å². The standard InChI is InChI=1S/C40H50N2O5.C20H26BrNO.C20H26NO.BrH.Mg/c1-27-9-14-31(15-10-27)46-33(29-7-4-3-5-8-29)17-23-41(2)22-6-18-38(44)19-20-40(45)34-25-30-13-16-32(43)36-35(30)39(40,37(38)47-36)21-24-42(34)26-28-11-12-28;1-17-9-11-19(12-10-17)23-20(18-7-4-3-5-8-18)13-16-22(2)15-6-14-21;1-4-15-21(3)16-14-20(18-8-6-5-7-9-18)22-19-12-10-17(2)11-13-19;;/h3-5,7-10,13-16,28,33-34,37,43-45H,6,11-12,17-26H2,1-2H3;3-5,7-12,20H,6,13-16H2,1-2H3;5-13,20H,1,4,14-16H2,2-3H3;1H;/q;;-1;;+2/p-1/t33?,34-,37+,38+,39+,40-;;;;/m1..../s1. The summed E-state index contributed by atoms with van der Waals surface area (Å²) >= 11 is 3.49. The first-order valence-corrected chi connectivity index (χ1v) is 35.2. The fourth-order valence-electron chi connectivity index (χ4n) is 14.7. The number of likely N-dealkylation sites (tertiary alicyclic amines) is 1. The van der Waals surface area contributed by atoms with Gasteiger partial charge in [0.25, 0.3) is 0 Å². The zero-order valence-corrected chi connectivity index (χ0v) is 61.3. The first kappa shape index (κ1) is 74.8. The van der Waals surface area contributed by atoms with Crippen LogP contribution in [0.2, 0.25) is 0 Å². The van der Waals surface area contributed by atoms with Gasteiger partial charge in [-0.05, 0) is 197 Å². The third-order valence-electron chi connectivity index (χ3n) is 20.0. The topological polar surface area (TPSA) is 111 Å². The van der Waals surface area contributed by atoms with Crippen LogP contribution in [0, 0.1) is 33.6 Å². The minimum Gasteiger partial charge on any atom is -1.00 e. The number of rotatable bonds is 29. The van der Waals surface area contributed by atoms with Crippen molar-refractivity contribution < 1.29 is 51.2 Å². The third kappa shape index (κ3) is 19.0. The number of aromatic hydroxyl groups is 1. The summed E-state index contributed by atoms with van der Waals surface area (Å²) in [7, 11) is 6.46. The molecule has 3 unspecified atom stereocenters. The number of alkyl halides is 1. The van der Waals surface area contributed by atoms with Crippen molar-refractivity contribution >= 4 is 39.0 Å². The van der Waals surface area contributed by atoms with Gasteiger partial charge in [0, 0.05) is 62.4 Å². The molecule has 11 nitrogen and oxygen atoms in total. The quantitative estimate of drug-likeness (QED) is 0.0237. The van der Waals surface area contributed by atoms with Gasteiger partial charge in [-0.1, -0.05) is 166 Å². The van der Waals surface area contributed by atoms with Crippen molar-refractivity contribution in [3.05, 3.63) is 227 Å². The van der Waals surface area contributed by atoms with Gasteiger partial charge in [-0.25, -0.2) is 0 Å². The normalized spacial score (nSPS) is 21.6. The van der Waals surface area contributed by atoms with Crippen LogP contribution in [-0.4, -0.2) is 160 Å². The Kier molecular flexibility index (Phi) is 28.3. The number of phenols is 1. The Morgan fingerprint density at radius 3 is 1.44 bits per heavy atom. The average molecular weight is 1420 g/mol. The molecule has 500 valence electrons. The zero-order chi connectivity index (χ0) is 64.7. The van der Waals surface area contributed by atoms with Crippen LogP contribution in [0.15, 0.2) is 176 Å². The molecule has 0 amide bonds. The van der Waals surface area contributed by atoms with E-state index in [4.69, 9.17) is 18.9 Å². The molecule has 5 aliphatic rings. The van der Waals surface area contributed by atoms with Gasteiger partial charge in [0.15, 0.2) is 11.5 Å². The summed E-state index contributed by atoms with van der Waals surface area (Å²) in [6.45, 7) is 18.0. The first-order chi connectivity index (χ1) is 44.6. The number of piperidine rings is 1. The number of phenolic OH excluding ortho intramolecular Hbond substituents is 1. The summed E-state index contributed by atoms with van der Waals surface area (Å²) in [5.74, 6) is 4.11. The predicted octanol–water partition coefficient (Wildman–Crippen LogP) is 12.4. The van der Waals surface area contributed by atoms with Crippen molar-refractivity contribution in [1.82, 2.24) is 19.6 Å². The second-order valence-corrected chi connectivity index (χ2v) is 27.9. The Hall–Kier alpha value is -4.97. The summed E-state index contributed by atoms with van der Waals surface area (Å²) in [5, 5.41) is 37.2. The second kappa shape index (κ2) is 35.5. The van der Waals surface area contributed by atoms with Gasteiger partial charge in [0.05, 0.1) is 11.0 Å². The van der Waals surface area contributed by atoms with E-state index in [2.05, 4.69) is 212 Å². The van der Waals surface area contributed by atoms with E-state index in [1.54, 1.807) is 6.07 Å². The largest absolute Gasteiger partial charge is 2.00 e. The van der Waals surface area contributed by atoms with Gasteiger partial charge >= 0.3 is 23.1 Å². The van der Waals surface area contributed by atoms with Crippen LogP contribution in [0.5, 0.6) is 28.7 Å². The van der Waals surface area contributed by atoms with Crippen LogP contribution in [0.1, 0.15) is 140 Å². The van der Waals surface area contributed by atoms with E-state index in [0.29, 0.717) is 25.0 Å². The van der Waals surface area contributed by atoms with E-state index in [-0.39, 0.29) is 70.1 Å². The van der Waals surface area contributed by atoms with E-state index < -0.39 is 22.7 Å². The zero-order valence-electron chi connectivity index (χ0n) is 56.7. The molecular formula is C80H102Br2MgN4O7. The molecule has 2 saturated carbocycles. The number of hydrogen-bond donors (Lipinski definition) is 3. The minimum atomic E-state index is -1.09. The van der Waals surface area contributed by atoms with Gasteiger partial charge in [-0.15, -0.1) is 0 Å². The second-order valence-electron chi connectivity index (χ2n) is 27.1. The molecule has 0 radical (unpaired) electrons. The van der Waals surface area contributed by atoms with E-state index in [9.17, 15) is 15.3 Å². The van der Waals surface area contributed by atoms with Crippen LogP contribution in [-0.2, 0) is 11.8 Å². The first-order valence-electron chi connectivity index (χ1n) is 34.0.